The van der Waals surface area contributed by atoms with Crippen LogP contribution in [-0.4, -0.2) is 35.7 Å². The lowest BCUT2D eigenvalue weighted by molar-refractivity contribution is -0.250. The minimum absolute atomic E-state index is 0.0453. The largest absolute Gasteiger partial charge is 0.530 e. The van der Waals surface area contributed by atoms with E-state index in [0.29, 0.717) is 19.5 Å². The molecule has 0 aromatic carbocycles. The molecule has 1 amide bonds. The summed E-state index contributed by atoms with van der Waals surface area (Å²) >= 11 is 0. The average molecular weight is 289 g/mol. The standard InChI is InChI=1S/C11H13F3N4O2/c12-11(13,14)8-2-4-15-9(17-8)18-5-7(6-18)1-3-16-10(19)20/h2,4,7,16H,1,3,5-6H2,(H,19,20)/p-1. The molecule has 1 saturated heterocycles. The molecule has 1 fully saturated rings. The highest BCUT2D eigenvalue weighted by Gasteiger charge is 2.34. The summed E-state index contributed by atoms with van der Waals surface area (Å²) in [5.41, 5.74) is -0.968. The van der Waals surface area contributed by atoms with E-state index in [0.717, 1.165) is 12.3 Å². The summed E-state index contributed by atoms with van der Waals surface area (Å²) in [5.74, 6) is 0.254. The number of aromatic nitrogens is 2. The molecule has 9 heteroatoms. The molecule has 1 N–H and O–H groups in total. The molecule has 6 nitrogen and oxygen atoms in total. The molecule has 0 saturated carbocycles. The summed E-state index contributed by atoms with van der Waals surface area (Å²) in [6.45, 7) is 1.29. The van der Waals surface area contributed by atoms with Gasteiger partial charge in [-0.05, 0) is 18.4 Å². The molecular formula is C11H12F3N4O2-. The summed E-state index contributed by atoms with van der Waals surface area (Å²) < 4.78 is 37.5. The molecule has 0 atom stereocenters. The van der Waals surface area contributed by atoms with Gasteiger partial charge in [0, 0.05) is 25.8 Å². The van der Waals surface area contributed by atoms with Crippen molar-refractivity contribution in [3.05, 3.63) is 18.0 Å². The number of rotatable bonds is 4. The number of carbonyl (C=O) groups excluding carboxylic acids is 1. The molecule has 1 aromatic heterocycles. The van der Waals surface area contributed by atoms with Gasteiger partial charge in [-0.25, -0.2) is 9.97 Å². The number of alkyl halides is 3. The van der Waals surface area contributed by atoms with Gasteiger partial charge in [-0.2, -0.15) is 13.2 Å². The Labute approximate surface area is 112 Å². The van der Waals surface area contributed by atoms with Crippen LogP contribution in [0.1, 0.15) is 12.1 Å². The Balaban J connectivity index is 1.85. The highest BCUT2D eigenvalue weighted by Crippen LogP contribution is 2.29. The van der Waals surface area contributed by atoms with Crippen LogP contribution in [0.4, 0.5) is 23.9 Å². The first kappa shape index (κ1) is 14.4. The summed E-state index contributed by atoms with van der Waals surface area (Å²) in [5, 5.41) is 12.3. The fraction of sp³-hybridized carbons (Fsp3) is 0.545. The van der Waals surface area contributed by atoms with Crippen LogP contribution >= 0.6 is 0 Å². The fourth-order valence-electron chi connectivity index (χ4n) is 1.95. The van der Waals surface area contributed by atoms with Crippen molar-refractivity contribution in [1.29, 1.82) is 0 Å². The summed E-state index contributed by atoms with van der Waals surface area (Å²) in [4.78, 5) is 19.1. The fourth-order valence-corrected chi connectivity index (χ4v) is 1.95. The van der Waals surface area contributed by atoms with Crippen molar-refractivity contribution >= 4 is 12.0 Å². The van der Waals surface area contributed by atoms with Gasteiger partial charge in [0.05, 0.1) is 0 Å². The monoisotopic (exact) mass is 289 g/mol. The van der Waals surface area contributed by atoms with Crippen LogP contribution < -0.4 is 15.3 Å². The normalized spacial score (nSPS) is 15.8. The van der Waals surface area contributed by atoms with E-state index in [1.165, 1.54) is 0 Å². The Morgan fingerprint density at radius 2 is 2.20 bits per heavy atom. The van der Waals surface area contributed by atoms with Crippen molar-refractivity contribution in [2.75, 3.05) is 24.5 Å². The van der Waals surface area contributed by atoms with Crippen LogP contribution in [0.2, 0.25) is 0 Å². The van der Waals surface area contributed by atoms with E-state index in [-0.39, 0.29) is 18.4 Å². The molecule has 0 aliphatic carbocycles. The van der Waals surface area contributed by atoms with Gasteiger partial charge in [-0.1, -0.05) is 0 Å². The van der Waals surface area contributed by atoms with Gasteiger partial charge in [0.15, 0.2) is 0 Å². The zero-order chi connectivity index (χ0) is 14.8. The third kappa shape index (κ3) is 3.49. The van der Waals surface area contributed by atoms with E-state index in [4.69, 9.17) is 0 Å². The number of carbonyl (C=O) groups is 1. The van der Waals surface area contributed by atoms with E-state index in [1.54, 1.807) is 4.90 Å². The average Bonchev–Trinajstić information content (AvgIpc) is 2.31. The minimum atomic E-state index is -4.49. The molecule has 1 aliphatic heterocycles. The maximum absolute atomic E-state index is 12.5. The predicted octanol–water partition coefficient (Wildman–Crippen LogP) is 0.255. The van der Waals surface area contributed by atoms with E-state index < -0.39 is 18.0 Å². The number of carboxylic acid groups (broad SMARTS) is 1. The van der Waals surface area contributed by atoms with Crippen molar-refractivity contribution in [2.45, 2.75) is 12.6 Å². The van der Waals surface area contributed by atoms with Crippen LogP contribution in [0.3, 0.4) is 0 Å². The van der Waals surface area contributed by atoms with E-state index >= 15 is 0 Å². The maximum Gasteiger partial charge on any atom is 0.433 e. The molecule has 2 heterocycles. The molecular weight excluding hydrogens is 277 g/mol. The second kappa shape index (κ2) is 5.51. The topological polar surface area (TPSA) is 81.2 Å². The first-order chi connectivity index (χ1) is 9.36. The number of nitrogens with zero attached hydrogens (tertiary/aromatic N) is 3. The molecule has 20 heavy (non-hydrogen) atoms. The third-order valence-corrected chi connectivity index (χ3v) is 3.00. The lowest BCUT2D eigenvalue weighted by Gasteiger charge is -2.39. The van der Waals surface area contributed by atoms with Gasteiger partial charge >= 0.3 is 6.18 Å². The first-order valence-electron chi connectivity index (χ1n) is 5.96. The molecule has 1 aliphatic rings. The van der Waals surface area contributed by atoms with Gasteiger partial charge in [0.2, 0.25) is 5.95 Å². The maximum atomic E-state index is 12.5. The molecule has 1 aromatic rings. The molecule has 0 bridgehead atoms. The Bertz CT molecular complexity index is 489. The lowest BCUT2D eigenvalue weighted by Crippen LogP contribution is -2.49. The van der Waals surface area contributed by atoms with E-state index in [1.807, 2.05) is 0 Å². The van der Waals surface area contributed by atoms with Crippen LogP contribution in [0, 0.1) is 5.92 Å². The second-order valence-corrected chi connectivity index (χ2v) is 4.51. The number of amides is 1. The number of hydrogen-bond acceptors (Lipinski definition) is 5. The van der Waals surface area contributed by atoms with Gasteiger partial charge < -0.3 is 20.1 Å². The van der Waals surface area contributed by atoms with Gasteiger partial charge in [0.1, 0.15) is 11.8 Å². The Morgan fingerprint density at radius 1 is 1.50 bits per heavy atom. The zero-order valence-electron chi connectivity index (χ0n) is 10.4. The van der Waals surface area contributed by atoms with Gasteiger partial charge in [0.25, 0.3) is 0 Å². The van der Waals surface area contributed by atoms with Crippen molar-refractivity contribution in [3.8, 4) is 0 Å². The van der Waals surface area contributed by atoms with Crippen LogP contribution in [0.25, 0.3) is 0 Å². The Hall–Kier alpha value is -2.06. The van der Waals surface area contributed by atoms with E-state index in [2.05, 4.69) is 15.3 Å². The minimum Gasteiger partial charge on any atom is -0.530 e. The highest BCUT2D eigenvalue weighted by molar-refractivity contribution is 5.61. The first-order valence-corrected chi connectivity index (χ1v) is 5.96. The van der Waals surface area contributed by atoms with Crippen molar-refractivity contribution in [1.82, 2.24) is 15.3 Å². The third-order valence-electron chi connectivity index (χ3n) is 3.00. The van der Waals surface area contributed by atoms with Gasteiger partial charge in [-0.15, -0.1) is 0 Å². The lowest BCUT2D eigenvalue weighted by atomic mass is 9.97. The quantitative estimate of drug-likeness (QED) is 0.859. The summed E-state index contributed by atoms with van der Waals surface area (Å²) in [7, 11) is 0. The number of anilines is 1. The van der Waals surface area contributed by atoms with Crippen molar-refractivity contribution in [2.24, 2.45) is 5.92 Å². The highest BCUT2D eigenvalue weighted by atomic mass is 19.4. The predicted molar refractivity (Wildman–Crippen MR) is 60.8 cm³/mol. The molecule has 2 rings (SSSR count). The SMILES string of the molecule is O=C([O-])NCCC1CN(c2nccc(C(F)(F)F)n2)C1. The van der Waals surface area contributed by atoms with Crippen molar-refractivity contribution in [3.63, 3.8) is 0 Å². The van der Waals surface area contributed by atoms with Crippen LogP contribution in [0.15, 0.2) is 12.3 Å². The van der Waals surface area contributed by atoms with Crippen molar-refractivity contribution < 1.29 is 23.1 Å². The Morgan fingerprint density at radius 3 is 2.80 bits per heavy atom. The van der Waals surface area contributed by atoms with Crippen LogP contribution in [0.5, 0.6) is 0 Å². The molecule has 0 spiro atoms. The molecule has 0 radical (unpaired) electrons. The van der Waals surface area contributed by atoms with Crippen LogP contribution in [-0.2, 0) is 6.18 Å². The summed E-state index contributed by atoms with van der Waals surface area (Å²) in [6.07, 6.45) is -4.14. The number of nitrogens with one attached hydrogen (secondary N) is 1. The second-order valence-electron chi connectivity index (χ2n) is 4.51. The van der Waals surface area contributed by atoms with E-state index in [9.17, 15) is 23.1 Å². The molecule has 110 valence electrons. The van der Waals surface area contributed by atoms with Gasteiger partial charge in [-0.3, -0.25) is 0 Å². The smallest absolute Gasteiger partial charge is 0.433 e. The Kier molecular flexibility index (Phi) is 3.96. The summed E-state index contributed by atoms with van der Waals surface area (Å²) in [6, 6.07) is 0.824. The number of halogens is 3. The number of hydrogen-bond donors (Lipinski definition) is 1. The molecule has 0 unspecified atom stereocenters. The zero-order valence-corrected chi connectivity index (χ0v) is 10.4.